The van der Waals surface area contributed by atoms with Gasteiger partial charge in [0.05, 0.1) is 12.2 Å². The van der Waals surface area contributed by atoms with Gasteiger partial charge in [-0.05, 0) is 48.6 Å². The van der Waals surface area contributed by atoms with E-state index in [9.17, 15) is 4.79 Å². The Bertz CT molecular complexity index is 704. The molecule has 2 rings (SSSR count). The van der Waals surface area contributed by atoms with E-state index < -0.39 is 0 Å². The van der Waals surface area contributed by atoms with Crippen molar-refractivity contribution in [3.63, 3.8) is 0 Å². The number of ether oxygens (including phenoxy) is 2. The third-order valence-electron chi connectivity index (χ3n) is 5.19. The lowest BCUT2D eigenvalue weighted by atomic mass is 10.00. The van der Waals surface area contributed by atoms with Crippen molar-refractivity contribution in [3.05, 3.63) is 59.7 Å². The first kappa shape index (κ1) is 23.2. The van der Waals surface area contributed by atoms with Gasteiger partial charge in [-0.15, -0.1) is 0 Å². The number of hydrogen-bond donors (Lipinski definition) is 0. The molecule has 0 bridgehead atoms. The molecule has 2 aromatic rings. The van der Waals surface area contributed by atoms with E-state index in [0.29, 0.717) is 12.2 Å². The molecule has 0 aliphatic carbocycles. The molecule has 0 fully saturated rings. The van der Waals surface area contributed by atoms with E-state index in [-0.39, 0.29) is 12.1 Å². The summed E-state index contributed by atoms with van der Waals surface area (Å²) in [4.78, 5) is 12.1. The Kier molecular flexibility index (Phi) is 10.5. The van der Waals surface area contributed by atoms with Crippen LogP contribution in [0.4, 0.5) is 0 Å². The largest absolute Gasteiger partial charge is 0.457 e. The van der Waals surface area contributed by atoms with Crippen LogP contribution in [-0.2, 0) is 15.9 Å². The summed E-state index contributed by atoms with van der Waals surface area (Å²) in [6, 6.07) is 16.4. The zero-order valence-electron chi connectivity index (χ0n) is 18.3. The average Bonchev–Trinajstić information content (AvgIpc) is 2.74. The molecule has 0 aliphatic rings. The summed E-state index contributed by atoms with van der Waals surface area (Å²) in [7, 11) is 1.60. The van der Waals surface area contributed by atoms with Gasteiger partial charge in [0, 0.05) is 7.11 Å². The van der Waals surface area contributed by atoms with Gasteiger partial charge in [0.1, 0.15) is 6.10 Å². The summed E-state index contributed by atoms with van der Waals surface area (Å²) in [5, 5.41) is 0. The van der Waals surface area contributed by atoms with Crippen LogP contribution in [0.25, 0.3) is 11.1 Å². The summed E-state index contributed by atoms with van der Waals surface area (Å²) in [5.41, 5.74) is 4.23. The second-order valence-electron chi connectivity index (χ2n) is 7.82. The quantitative estimate of drug-likeness (QED) is 0.275. The Morgan fingerprint density at radius 3 is 1.97 bits per heavy atom. The summed E-state index contributed by atoms with van der Waals surface area (Å²) < 4.78 is 10.3. The van der Waals surface area contributed by atoms with Gasteiger partial charge in [0.15, 0.2) is 0 Å². The summed E-state index contributed by atoms with van der Waals surface area (Å²) in [6.07, 6.45) is 10.3. The van der Waals surface area contributed by atoms with Crippen LogP contribution < -0.4 is 0 Å². The molecule has 3 nitrogen and oxygen atoms in total. The highest BCUT2D eigenvalue weighted by Gasteiger charge is 2.12. The van der Waals surface area contributed by atoms with Gasteiger partial charge in [-0.2, -0.15) is 0 Å². The van der Waals surface area contributed by atoms with Crippen LogP contribution in [0.3, 0.4) is 0 Å². The lowest BCUT2D eigenvalue weighted by molar-refractivity contribution is 0.0120. The molecule has 0 saturated heterocycles. The Hall–Kier alpha value is -2.13. The fraction of sp³-hybridized carbons (Fsp3) is 0.500. The molecule has 0 amide bonds. The van der Waals surface area contributed by atoms with E-state index in [2.05, 4.69) is 31.2 Å². The molecule has 3 heteroatoms. The Morgan fingerprint density at radius 1 is 0.828 bits per heavy atom. The molecule has 0 saturated carbocycles. The molecule has 29 heavy (non-hydrogen) atoms. The zero-order valence-corrected chi connectivity index (χ0v) is 18.3. The van der Waals surface area contributed by atoms with Crippen LogP contribution in [0.2, 0.25) is 0 Å². The SMILES string of the molecule is CCCCCCCCCc1ccc(-c2ccc(C(=O)OC(C)COC)cc2)cc1. The molecule has 0 spiro atoms. The normalized spacial score (nSPS) is 12.0. The topological polar surface area (TPSA) is 35.5 Å². The highest BCUT2D eigenvalue weighted by atomic mass is 16.6. The number of rotatable bonds is 13. The fourth-order valence-corrected chi connectivity index (χ4v) is 3.47. The predicted octanol–water partition coefficient (Wildman–Crippen LogP) is 6.84. The first-order valence-electron chi connectivity index (χ1n) is 11.0. The van der Waals surface area contributed by atoms with Crippen LogP contribution in [0, 0.1) is 0 Å². The van der Waals surface area contributed by atoms with E-state index in [1.165, 1.54) is 56.1 Å². The van der Waals surface area contributed by atoms with Crippen molar-refractivity contribution in [2.75, 3.05) is 13.7 Å². The number of methoxy groups -OCH3 is 1. The fourth-order valence-electron chi connectivity index (χ4n) is 3.47. The Morgan fingerprint density at radius 2 is 1.38 bits per heavy atom. The molecule has 0 aromatic heterocycles. The van der Waals surface area contributed by atoms with Crippen molar-refractivity contribution in [1.82, 2.24) is 0 Å². The van der Waals surface area contributed by atoms with Crippen LogP contribution in [0.1, 0.15) is 74.7 Å². The molecule has 0 aliphatic heterocycles. The molecule has 0 heterocycles. The van der Waals surface area contributed by atoms with Gasteiger partial charge >= 0.3 is 5.97 Å². The third-order valence-corrected chi connectivity index (χ3v) is 5.19. The predicted molar refractivity (Wildman–Crippen MR) is 120 cm³/mol. The van der Waals surface area contributed by atoms with Crippen LogP contribution in [0.15, 0.2) is 48.5 Å². The molecular formula is C26H36O3. The van der Waals surface area contributed by atoms with Gasteiger partial charge in [-0.3, -0.25) is 0 Å². The van der Waals surface area contributed by atoms with Crippen molar-refractivity contribution in [1.29, 1.82) is 0 Å². The molecular weight excluding hydrogens is 360 g/mol. The minimum Gasteiger partial charge on any atom is -0.457 e. The van der Waals surface area contributed by atoms with E-state index in [1.54, 1.807) is 7.11 Å². The molecule has 0 N–H and O–H groups in total. The summed E-state index contributed by atoms with van der Waals surface area (Å²) >= 11 is 0. The average molecular weight is 397 g/mol. The minimum absolute atomic E-state index is 0.254. The van der Waals surface area contributed by atoms with Gasteiger partial charge in [0.2, 0.25) is 0 Å². The highest BCUT2D eigenvalue weighted by Crippen LogP contribution is 2.22. The summed E-state index contributed by atoms with van der Waals surface area (Å²) in [6.45, 7) is 4.48. The number of benzene rings is 2. The lowest BCUT2D eigenvalue weighted by Gasteiger charge is -2.12. The number of aryl methyl sites for hydroxylation is 1. The minimum atomic E-state index is -0.314. The summed E-state index contributed by atoms with van der Waals surface area (Å²) in [5.74, 6) is -0.314. The van der Waals surface area contributed by atoms with Crippen LogP contribution in [-0.4, -0.2) is 25.8 Å². The maximum Gasteiger partial charge on any atom is 0.338 e. The smallest absolute Gasteiger partial charge is 0.338 e. The monoisotopic (exact) mass is 396 g/mol. The highest BCUT2D eigenvalue weighted by molar-refractivity contribution is 5.90. The first-order chi connectivity index (χ1) is 14.1. The van der Waals surface area contributed by atoms with E-state index in [4.69, 9.17) is 9.47 Å². The number of hydrogen-bond acceptors (Lipinski definition) is 3. The Labute approximate surface area is 176 Å². The molecule has 1 atom stereocenters. The van der Waals surface area contributed by atoms with Crippen molar-refractivity contribution in [2.45, 2.75) is 71.3 Å². The Balaban J connectivity index is 1.81. The van der Waals surface area contributed by atoms with Gasteiger partial charge < -0.3 is 9.47 Å². The van der Waals surface area contributed by atoms with E-state index in [1.807, 2.05) is 31.2 Å². The molecule has 0 radical (unpaired) electrons. The van der Waals surface area contributed by atoms with Gasteiger partial charge in [-0.25, -0.2) is 4.79 Å². The number of esters is 1. The second-order valence-corrected chi connectivity index (χ2v) is 7.82. The van der Waals surface area contributed by atoms with Crippen molar-refractivity contribution in [3.8, 4) is 11.1 Å². The molecule has 2 aromatic carbocycles. The number of carbonyl (C=O) groups is 1. The maximum atomic E-state index is 12.1. The van der Waals surface area contributed by atoms with Crippen molar-refractivity contribution < 1.29 is 14.3 Å². The van der Waals surface area contributed by atoms with E-state index >= 15 is 0 Å². The van der Waals surface area contributed by atoms with E-state index in [0.717, 1.165) is 12.0 Å². The third kappa shape index (κ3) is 8.41. The van der Waals surface area contributed by atoms with Gasteiger partial charge in [-0.1, -0.05) is 81.8 Å². The lowest BCUT2D eigenvalue weighted by Crippen LogP contribution is -2.19. The zero-order chi connectivity index (χ0) is 20.9. The maximum absolute atomic E-state index is 12.1. The van der Waals surface area contributed by atoms with Crippen molar-refractivity contribution >= 4 is 5.97 Å². The van der Waals surface area contributed by atoms with Crippen LogP contribution >= 0.6 is 0 Å². The second kappa shape index (κ2) is 13.2. The molecule has 158 valence electrons. The number of unbranched alkanes of at least 4 members (excludes halogenated alkanes) is 6. The first-order valence-corrected chi connectivity index (χ1v) is 11.0. The van der Waals surface area contributed by atoms with Crippen LogP contribution in [0.5, 0.6) is 0 Å². The number of carbonyl (C=O) groups excluding carboxylic acids is 1. The van der Waals surface area contributed by atoms with Gasteiger partial charge in [0.25, 0.3) is 0 Å². The molecule has 1 unspecified atom stereocenters. The standard InChI is InChI=1S/C26H36O3/c1-4-5-6-7-8-9-10-11-22-12-14-23(15-13-22)24-16-18-25(19-17-24)26(27)29-21(2)20-28-3/h12-19,21H,4-11,20H2,1-3H3. The van der Waals surface area contributed by atoms with Crippen molar-refractivity contribution in [2.24, 2.45) is 0 Å².